The van der Waals surface area contributed by atoms with Crippen LogP contribution in [0.2, 0.25) is 0 Å². The van der Waals surface area contributed by atoms with E-state index in [1.165, 1.54) is 6.92 Å². The van der Waals surface area contributed by atoms with E-state index in [4.69, 9.17) is 15.9 Å². The number of hydrogen-bond donors (Lipinski definition) is 6. The van der Waals surface area contributed by atoms with Crippen molar-refractivity contribution in [2.45, 2.75) is 70.6 Å². The maximum absolute atomic E-state index is 12.5. The third-order valence-electron chi connectivity index (χ3n) is 4.21. The van der Waals surface area contributed by atoms with E-state index >= 15 is 0 Å². The molecule has 0 aromatic rings. The lowest BCUT2D eigenvalue weighted by Crippen LogP contribution is -2.56. The summed E-state index contributed by atoms with van der Waals surface area (Å²) in [5, 5.41) is 24.6. The molecule has 3 amide bonds. The molecule has 0 unspecified atom stereocenters. The predicted molar refractivity (Wildman–Crippen MR) is 104 cm³/mol. The molecule has 0 aliphatic rings. The Morgan fingerprint density at radius 2 is 1.37 bits per heavy atom. The number of hydrogen-bond acceptors (Lipinski definition) is 7. The van der Waals surface area contributed by atoms with Gasteiger partial charge in [-0.25, -0.2) is 0 Å². The van der Waals surface area contributed by atoms with Gasteiger partial charge in [-0.15, -0.1) is 0 Å². The van der Waals surface area contributed by atoms with Gasteiger partial charge in [0.15, 0.2) is 0 Å². The van der Waals surface area contributed by atoms with E-state index in [-0.39, 0.29) is 25.2 Å². The SMILES string of the molecule is CC(C)[C@@H](C=O)NC(=O)[C@H](C)NC(=O)[C@H](CCC(=O)O)NC(=O)[C@@H](N)CCC(=O)O. The van der Waals surface area contributed by atoms with Crippen LogP contribution < -0.4 is 21.7 Å². The highest BCUT2D eigenvalue weighted by atomic mass is 16.4. The summed E-state index contributed by atoms with van der Waals surface area (Å²) in [6, 6.07) is -4.32. The van der Waals surface area contributed by atoms with Gasteiger partial charge in [0.2, 0.25) is 17.7 Å². The smallest absolute Gasteiger partial charge is 0.303 e. The molecule has 0 radical (unpaired) electrons. The van der Waals surface area contributed by atoms with Crippen molar-refractivity contribution in [1.29, 1.82) is 0 Å². The molecular formula is C18H30N4O8. The first-order valence-corrected chi connectivity index (χ1v) is 9.44. The number of carboxylic acid groups (broad SMARTS) is 2. The van der Waals surface area contributed by atoms with Gasteiger partial charge in [-0.05, 0) is 25.7 Å². The Balaban J connectivity index is 5.05. The van der Waals surface area contributed by atoms with Crippen molar-refractivity contribution in [3.63, 3.8) is 0 Å². The number of nitrogens with two attached hydrogens (primary N) is 1. The Bertz CT molecular complexity index is 652. The molecule has 0 aromatic carbocycles. The zero-order valence-electron chi connectivity index (χ0n) is 17.2. The molecule has 0 bridgehead atoms. The lowest BCUT2D eigenvalue weighted by atomic mass is 10.1. The van der Waals surface area contributed by atoms with Gasteiger partial charge < -0.3 is 36.7 Å². The Hall–Kier alpha value is -3.02. The van der Waals surface area contributed by atoms with Gasteiger partial charge >= 0.3 is 11.9 Å². The number of carboxylic acids is 2. The van der Waals surface area contributed by atoms with E-state index < -0.39 is 60.2 Å². The molecule has 0 heterocycles. The molecule has 0 aliphatic carbocycles. The topological polar surface area (TPSA) is 205 Å². The Kier molecular flexibility index (Phi) is 11.9. The monoisotopic (exact) mass is 430 g/mol. The summed E-state index contributed by atoms with van der Waals surface area (Å²) in [7, 11) is 0. The van der Waals surface area contributed by atoms with Gasteiger partial charge in [-0.1, -0.05) is 13.8 Å². The normalized spacial score (nSPS) is 14.7. The lowest BCUT2D eigenvalue weighted by molar-refractivity contribution is -0.139. The summed E-state index contributed by atoms with van der Waals surface area (Å²) < 4.78 is 0. The van der Waals surface area contributed by atoms with Crippen LogP contribution in [0.5, 0.6) is 0 Å². The van der Waals surface area contributed by atoms with Crippen molar-refractivity contribution in [2.75, 3.05) is 0 Å². The fourth-order valence-corrected chi connectivity index (χ4v) is 2.25. The fraction of sp³-hybridized carbons (Fsp3) is 0.667. The molecule has 0 aliphatic heterocycles. The summed E-state index contributed by atoms with van der Waals surface area (Å²) in [5.74, 6) is -4.77. The van der Waals surface area contributed by atoms with E-state index in [1.54, 1.807) is 13.8 Å². The quantitative estimate of drug-likeness (QED) is 0.175. The van der Waals surface area contributed by atoms with Crippen LogP contribution in [0.25, 0.3) is 0 Å². The van der Waals surface area contributed by atoms with Gasteiger partial charge in [0.25, 0.3) is 0 Å². The van der Waals surface area contributed by atoms with Crippen molar-refractivity contribution in [3.8, 4) is 0 Å². The van der Waals surface area contributed by atoms with E-state index in [2.05, 4.69) is 16.0 Å². The number of nitrogens with one attached hydrogen (secondary N) is 3. The minimum absolute atomic E-state index is 0.163. The van der Waals surface area contributed by atoms with Crippen LogP contribution in [0.1, 0.15) is 46.5 Å². The van der Waals surface area contributed by atoms with Crippen molar-refractivity contribution in [3.05, 3.63) is 0 Å². The Morgan fingerprint density at radius 3 is 1.83 bits per heavy atom. The van der Waals surface area contributed by atoms with E-state index in [1.807, 2.05) is 0 Å². The Labute approximate surface area is 173 Å². The molecule has 0 fully saturated rings. The zero-order chi connectivity index (χ0) is 23.4. The maximum atomic E-state index is 12.5. The number of aldehydes is 1. The molecule has 7 N–H and O–H groups in total. The highest BCUT2D eigenvalue weighted by Crippen LogP contribution is 2.03. The Morgan fingerprint density at radius 1 is 0.833 bits per heavy atom. The average molecular weight is 430 g/mol. The molecule has 0 aromatic heterocycles. The van der Waals surface area contributed by atoms with Gasteiger partial charge in [-0.3, -0.25) is 24.0 Å². The first-order chi connectivity index (χ1) is 13.9. The summed E-state index contributed by atoms with van der Waals surface area (Å²) in [4.78, 5) is 69.2. The first-order valence-electron chi connectivity index (χ1n) is 9.44. The molecule has 0 saturated carbocycles. The molecule has 4 atom stereocenters. The average Bonchev–Trinajstić information content (AvgIpc) is 2.65. The van der Waals surface area contributed by atoms with Crippen LogP contribution in [-0.4, -0.2) is 70.3 Å². The first kappa shape index (κ1) is 27.0. The van der Waals surface area contributed by atoms with Crippen LogP contribution in [0.15, 0.2) is 0 Å². The summed E-state index contributed by atoms with van der Waals surface area (Å²) in [6.45, 7) is 4.82. The van der Waals surface area contributed by atoms with Gasteiger partial charge in [0, 0.05) is 12.8 Å². The molecule has 0 saturated heterocycles. The number of carbonyl (C=O) groups excluding carboxylic acids is 4. The minimum Gasteiger partial charge on any atom is -0.481 e. The molecule has 12 nitrogen and oxygen atoms in total. The fourth-order valence-electron chi connectivity index (χ4n) is 2.25. The summed E-state index contributed by atoms with van der Waals surface area (Å²) in [5.41, 5.74) is 5.60. The lowest BCUT2D eigenvalue weighted by Gasteiger charge is -2.23. The molecule has 0 rings (SSSR count). The summed E-state index contributed by atoms with van der Waals surface area (Å²) >= 11 is 0. The van der Waals surface area contributed by atoms with Gasteiger partial charge in [0.05, 0.1) is 12.1 Å². The predicted octanol–water partition coefficient (Wildman–Crippen LogP) is -1.63. The molecule has 0 spiro atoms. The molecule has 30 heavy (non-hydrogen) atoms. The second-order valence-electron chi connectivity index (χ2n) is 7.18. The second kappa shape index (κ2) is 13.2. The van der Waals surface area contributed by atoms with Crippen molar-refractivity contribution < 1.29 is 39.0 Å². The van der Waals surface area contributed by atoms with Crippen LogP contribution >= 0.6 is 0 Å². The largest absolute Gasteiger partial charge is 0.481 e. The number of aliphatic carboxylic acids is 2. The minimum atomic E-state index is -1.30. The number of carbonyl (C=O) groups is 6. The van der Waals surface area contributed by atoms with E-state index in [9.17, 15) is 28.8 Å². The van der Waals surface area contributed by atoms with E-state index in [0.717, 1.165) is 0 Å². The highest BCUT2D eigenvalue weighted by Gasteiger charge is 2.28. The van der Waals surface area contributed by atoms with Crippen molar-refractivity contribution in [2.24, 2.45) is 11.7 Å². The second-order valence-corrected chi connectivity index (χ2v) is 7.18. The van der Waals surface area contributed by atoms with Crippen LogP contribution in [0.4, 0.5) is 0 Å². The van der Waals surface area contributed by atoms with Gasteiger partial charge in [0.1, 0.15) is 18.4 Å². The van der Waals surface area contributed by atoms with Crippen molar-refractivity contribution >= 4 is 35.9 Å². The van der Waals surface area contributed by atoms with Crippen LogP contribution in [-0.2, 0) is 28.8 Å². The highest BCUT2D eigenvalue weighted by molar-refractivity contribution is 5.93. The maximum Gasteiger partial charge on any atom is 0.303 e. The van der Waals surface area contributed by atoms with E-state index in [0.29, 0.717) is 6.29 Å². The zero-order valence-corrected chi connectivity index (χ0v) is 17.2. The third kappa shape index (κ3) is 10.5. The molecule has 170 valence electrons. The van der Waals surface area contributed by atoms with Gasteiger partial charge in [-0.2, -0.15) is 0 Å². The molecule has 12 heteroatoms. The third-order valence-corrected chi connectivity index (χ3v) is 4.21. The number of rotatable bonds is 14. The standard InChI is InChI=1S/C18H30N4O8/c1-9(2)13(8-23)22-16(28)10(3)20-18(30)12(5-7-15(26)27)21-17(29)11(19)4-6-14(24)25/h8-13H,4-7,19H2,1-3H3,(H,20,30)(H,21,29)(H,22,28)(H,24,25)(H,26,27)/t10-,11-,12-,13+/m0/s1. The van der Waals surface area contributed by atoms with Crippen LogP contribution in [0, 0.1) is 5.92 Å². The summed E-state index contributed by atoms with van der Waals surface area (Å²) in [6.07, 6.45) is -0.660. The molecular weight excluding hydrogens is 400 g/mol. The van der Waals surface area contributed by atoms with Crippen LogP contribution in [0.3, 0.4) is 0 Å². The van der Waals surface area contributed by atoms with Crippen molar-refractivity contribution in [1.82, 2.24) is 16.0 Å². The number of amides is 3.